The van der Waals surface area contributed by atoms with E-state index in [1.165, 1.54) is 0 Å². The van der Waals surface area contributed by atoms with Crippen LogP contribution in [0.15, 0.2) is 0 Å². The van der Waals surface area contributed by atoms with Crippen LogP contribution in [0.2, 0.25) is 0 Å². The number of hydrogen-bond acceptors (Lipinski definition) is 5. The molecule has 5 heteroatoms. The lowest BCUT2D eigenvalue weighted by molar-refractivity contribution is -0.0684. The molecule has 1 fully saturated rings. The minimum atomic E-state index is -1.12. The molecular formula is C6H12O5. The lowest BCUT2D eigenvalue weighted by Gasteiger charge is -2.18. The van der Waals surface area contributed by atoms with E-state index in [0.29, 0.717) is 0 Å². The van der Waals surface area contributed by atoms with Crippen molar-refractivity contribution in [1.29, 1.82) is 0 Å². The molecule has 1 rings (SSSR count). The maximum Gasteiger partial charge on any atom is 0.114 e. The highest BCUT2D eigenvalue weighted by Crippen LogP contribution is 2.16. The predicted molar refractivity (Wildman–Crippen MR) is 34.8 cm³/mol. The van der Waals surface area contributed by atoms with Crippen molar-refractivity contribution >= 4 is 0 Å². The van der Waals surface area contributed by atoms with Gasteiger partial charge in [-0.15, -0.1) is 0 Å². The van der Waals surface area contributed by atoms with Crippen LogP contribution in [0.3, 0.4) is 0 Å². The van der Waals surface area contributed by atoms with Crippen molar-refractivity contribution in [3.63, 3.8) is 0 Å². The molecule has 5 nitrogen and oxygen atoms in total. The van der Waals surface area contributed by atoms with Crippen LogP contribution >= 0.6 is 0 Å². The molecule has 0 saturated carbocycles. The molecule has 1 heterocycles. The molecule has 0 spiro atoms. The summed E-state index contributed by atoms with van der Waals surface area (Å²) in [5.74, 6) is 0. The fourth-order valence-corrected chi connectivity index (χ4v) is 1.07. The average Bonchev–Trinajstić information content (AvgIpc) is 2.32. The van der Waals surface area contributed by atoms with Gasteiger partial charge in [0.2, 0.25) is 0 Å². The number of aliphatic hydroxyl groups is 4. The number of hydrogen-bond donors (Lipinski definition) is 4. The smallest absolute Gasteiger partial charge is 0.114 e. The second-order valence-electron chi connectivity index (χ2n) is 2.61. The Bertz CT molecular complexity index is 128. The van der Waals surface area contributed by atoms with E-state index in [2.05, 4.69) is 0 Å². The van der Waals surface area contributed by atoms with Crippen molar-refractivity contribution in [2.45, 2.75) is 24.4 Å². The fourth-order valence-electron chi connectivity index (χ4n) is 1.07. The summed E-state index contributed by atoms with van der Waals surface area (Å²) in [4.78, 5) is 0. The van der Waals surface area contributed by atoms with Crippen LogP contribution < -0.4 is 0 Å². The lowest BCUT2D eigenvalue weighted by Crippen LogP contribution is -2.40. The summed E-state index contributed by atoms with van der Waals surface area (Å²) in [5.41, 5.74) is 0. The average molecular weight is 164 g/mol. The summed E-state index contributed by atoms with van der Waals surface area (Å²) in [5, 5.41) is 35.5. The van der Waals surface area contributed by atoms with E-state index in [9.17, 15) is 0 Å². The number of aliphatic hydroxyl groups excluding tert-OH is 4. The molecule has 1 aliphatic rings. The highest BCUT2D eigenvalue weighted by molar-refractivity contribution is 4.87. The van der Waals surface area contributed by atoms with E-state index in [-0.39, 0.29) is 6.61 Å². The maximum absolute atomic E-state index is 9.11. The number of rotatable bonds is 2. The van der Waals surface area contributed by atoms with E-state index in [1.54, 1.807) is 0 Å². The summed E-state index contributed by atoms with van der Waals surface area (Å²) >= 11 is 0. The first-order valence-electron chi connectivity index (χ1n) is 3.43. The van der Waals surface area contributed by atoms with Gasteiger partial charge in [-0.25, -0.2) is 0 Å². The van der Waals surface area contributed by atoms with E-state index in [1.807, 2.05) is 0 Å². The van der Waals surface area contributed by atoms with Crippen molar-refractivity contribution in [2.24, 2.45) is 0 Å². The van der Waals surface area contributed by atoms with Gasteiger partial charge in [0.25, 0.3) is 0 Å². The summed E-state index contributed by atoms with van der Waals surface area (Å²) in [7, 11) is 0. The van der Waals surface area contributed by atoms with Crippen LogP contribution in [0.4, 0.5) is 0 Å². The minimum absolute atomic E-state index is 0.00287. The third-order valence-corrected chi connectivity index (χ3v) is 1.76. The Labute approximate surface area is 63.8 Å². The summed E-state index contributed by atoms with van der Waals surface area (Å²) < 4.78 is 4.82. The topological polar surface area (TPSA) is 90.2 Å². The van der Waals surface area contributed by atoms with Crippen LogP contribution in [0.5, 0.6) is 0 Å². The molecule has 0 aromatic heterocycles. The molecule has 0 aromatic carbocycles. The van der Waals surface area contributed by atoms with E-state index in [4.69, 9.17) is 25.2 Å². The Kier molecular flexibility index (Phi) is 2.80. The zero-order chi connectivity index (χ0) is 8.43. The van der Waals surface area contributed by atoms with Gasteiger partial charge in [0.05, 0.1) is 13.2 Å². The zero-order valence-corrected chi connectivity index (χ0v) is 5.92. The van der Waals surface area contributed by atoms with Crippen LogP contribution in [0, 0.1) is 0 Å². The summed E-state index contributed by atoms with van der Waals surface area (Å²) in [6, 6.07) is 0. The predicted octanol–water partition coefficient (Wildman–Crippen LogP) is -2.54. The van der Waals surface area contributed by atoms with Crippen molar-refractivity contribution in [3.05, 3.63) is 0 Å². The van der Waals surface area contributed by atoms with Crippen LogP contribution in [-0.2, 0) is 4.74 Å². The molecule has 0 aliphatic carbocycles. The largest absolute Gasteiger partial charge is 0.394 e. The second-order valence-corrected chi connectivity index (χ2v) is 2.61. The lowest BCUT2D eigenvalue weighted by atomic mass is 10.1. The Hall–Kier alpha value is -0.200. The second kappa shape index (κ2) is 3.46. The molecule has 4 atom stereocenters. The Morgan fingerprint density at radius 1 is 1.45 bits per heavy atom. The Morgan fingerprint density at radius 3 is 2.45 bits per heavy atom. The van der Waals surface area contributed by atoms with Crippen molar-refractivity contribution in [3.8, 4) is 0 Å². The van der Waals surface area contributed by atoms with Crippen LogP contribution in [-0.4, -0.2) is 58.1 Å². The molecule has 1 aliphatic heterocycles. The van der Waals surface area contributed by atoms with Gasteiger partial charge in [-0.05, 0) is 0 Å². The molecule has 0 amide bonds. The molecule has 0 aromatic rings. The van der Waals surface area contributed by atoms with Gasteiger partial charge in [0.15, 0.2) is 0 Å². The quantitative estimate of drug-likeness (QED) is 0.361. The first-order chi connectivity index (χ1) is 5.16. The van der Waals surface area contributed by atoms with E-state index in [0.717, 1.165) is 0 Å². The molecule has 66 valence electrons. The fraction of sp³-hybridized carbons (Fsp3) is 1.00. The summed E-state index contributed by atoms with van der Waals surface area (Å²) in [6.45, 7) is -0.475. The first-order valence-corrected chi connectivity index (χ1v) is 3.43. The van der Waals surface area contributed by atoms with Crippen LogP contribution in [0.25, 0.3) is 0 Å². The SMILES string of the molecule is OC[C@H](O)[C@@H]1OC[C@H](O)C1O. The van der Waals surface area contributed by atoms with Gasteiger partial charge in [0.1, 0.15) is 24.4 Å². The van der Waals surface area contributed by atoms with Gasteiger partial charge < -0.3 is 25.2 Å². The van der Waals surface area contributed by atoms with Crippen molar-refractivity contribution in [2.75, 3.05) is 13.2 Å². The molecule has 11 heavy (non-hydrogen) atoms. The standard InChI is InChI=1S/C6H12O5/c7-1-3(8)6-5(10)4(9)2-11-6/h3-10H,1-2H2/t3-,4-,5?,6-/m0/s1. The molecule has 1 saturated heterocycles. The normalized spacial score (nSPS) is 40.9. The Balaban J connectivity index is 2.47. The zero-order valence-electron chi connectivity index (χ0n) is 5.92. The highest BCUT2D eigenvalue weighted by Gasteiger charge is 2.38. The van der Waals surface area contributed by atoms with Gasteiger partial charge in [-0.1, -0.05) is 0 Å². The number of ether oxygens (including phenoxy) is 1. The minimum Gasteiger partial charge on any atom is -0.394 e. The monoisotopic (exact) mass is 164 g/mol. The summed E-state index contributed by atoms with van der Waals surface area (Å²) in [6.07, 6.45) is -4.05. The van der Waals surface area contributed by atoms with Crippen molar-refractivity contribution in [1.82, 2.24) is 0 Å². The van der Waals surface area contributed by atoms with Gasteiger partial charge in [0, 0.05) is 0 Å². The molecule has 0 radical (unpaired) electrons. The van der Waals surface area contributed by atoms with Crippen molar-refractivity contribution < 1.29 is 25.2 Å². The van der Waals surface area contributed by atoms with E-state index >= 15 is 0 Å². The molecule has 4 N–H and O–H groups in total. The first kappa shape index (κ1) is 8.89. The van der Waals surface area contributed by atoms with Gasteiger partial charge in [-0.3, -0.25) is 0 Å². The maximum atomic E-state index is 9.11. The molecule has 0 bridgehead atoms. The molecular weight excluding hydrogens is 152 g/mol. The van der Waals surface area contributed by atoms with Crippen LogP contribution in [0.1, 0.15) is 0 Å². The third-order valence-electron chi connectivity index (χ3n) is 1.76. The molecule has 1 unspecified atom stereocenters. The highest BCUT2D eigenvalue weighted by atomic mass is 16.5. The third kappa shape index (κ3) is 1.69. The Morgan fingerprint density at radius 2 is 2.09 bits per heavy atom. The van der Waals surface area contributed by atoms with Gasteiger partial charge >= 0.3 is 0 Å². The van der Waals surface area contributed by atoms with E-state index < -0.39 is 31.0 Å². The van der Waals surface area contributed by atoms with Gasteiger partial charge in [-0.2, -0.15) is 0 Å².